The van der Waals surface area contributed by atoms with Gasteiger partial charge in [-0.05, 0) is 23.5 Å². The van der Waals surface area contributed by atoms with Crippen molar-refractivity contribution in [2.45, 2.75) is 0 Å². The molecule has 0 unspecified atom stereocenters. The molecule has 1 aromatic carbocycles. The van der Waals surface area contributed by atoms with E-state index in [4.69, 9.17) is 5.73 Å². The minimum atomic E-state index is 0.530. The quantitative estimate of drug-likeness (QED) is 0.481. The Hall–Kier alpha value is 1.10. The van der Waals surface area contributed by atoms with E-state index in [9.17, 15) is 0 Å². The van der Waals surface area contributed by atoms with E-state index in [0.717, 1.165) is 10.6 Å². The van der Waals surface area contributed by atoms with Crippen molar-refractivity contribution in [1.82, 2.24) is 0 Å². The van der Waals surface area contributed by atoms with Crippen LogP contribution in [0.4, 0.5) is 5.13 Å². The van der Waals surface area contributed by atoms with Gasteiger partial charge < -0.3 is 0 Å². The van der Waals surface area contributed by atoms with Crippen LogP contribution in [0.5, 0.6) is 0 Å². The molecule has 0 aliphatic carbocycles. The molecule has 0 aliphatic rings. The van der Waals surface area contributed by atoms with E-state index in [1.165, 1.54) is 4.70 Å². The SMILES string of the molecule is I[I-]I.Nc1[nH+]c2ccccc2s1. The summed E-state index contributed by atoms with van der Waals surface area (Å²) in [6.07, 6.45) is 0. The molecule has 0 saturated carbocycles. The van der Waals surface area contributed by atoms with Crippen molar-refractivity contribution in [2.75, 3.05) is 5.73 Å². The number of para-hydroxylation sites is 1. The molecule has 0 amide bonds. The summed E-state index contributed by atoms with van der Waals surface area (Å²) in [7, 11) is 0. The summed E-state index contributed by atoms with van der Waals surface area (Å²) in [5.74, 6) is 0. The first kappa shape index (κ1) is 12.2. The third-order valence-electron chi connectivity index (χ3n) is 1.36. The number of nitrogens with one attached hydrogen (secondary N) is 1. The Bertz CT molecular complexity index is 344. The van der Waals surface area contributed by atoms with Crippen LogP contribution in [0, 0.1) is 0 Å². The summed E-state index contributed by atoms with van der Waals surface area (Å²) in [4.78, 5) is 3.05. The van der Waals surface area contributed by atoms with E-state index < -0.39 is 0 Å². The van der Waals surface area contributed by atoms with Gasteiger partial charge in [0.1, 0.15) is 5.52 Å². The summed E-state index contributed by atoms with van der Waals surface area (Å²) in [5, 5.41) is 0.765. The number of aromatic amines is 1. The van der Waals surface area contributed by atoms with Crippen LogP contribution >= 0.6 is 48.6 Å². The molecule has 0 saturated heterocycles. The zero-order valence-corrected chi connectivity index (χ0v) is 13.7. The molecule has 3 N–H and O–H groups in total. The summed E-state index contributed by atoms with van der Waals surface area (Å²) in [6.45, 7) is 0. The Kier molecular flexibility index (Phi) is 6.14. The van der Waals surface area contributed by atoms with Crippen molar-refractivity contribution < 1.29 is 18.2 Å². The van der Waals surface area contributed by atoms with E-state index in [1.54, 1.807) is 11.3 Å². The van der Waals surface area contributed by atoms with Crippen LogP contribution in [0.3, 0.4) is 0 Å². The van der Waals surface area contributed by atoms with Crippen molar-refractivity contribution in [3.05, 3.63) is 24.3 Å². The van der Waals surface area contributed by atoms with Crippen molar-refractivity contribution in [3.63, 3.8) is 0 Å². The molecule has 0 aliphatic heterocycles. The molecule has 2 rings (SSSR count). The topological polar surface area (TPSA) is 40.2 Å². The van der Waals surface area contributed by atoms with Gasteiger partial charge in [0.2, 0.25) is 0 Å². The number of halogens is 3. The van der Waals surface area contributed by atoms with Gasteiger partial charge in [-0.1, -0.05) is 12.1 Å². The van der Waals surface area contributed by atoms with Gasteiger partial charge in [0, 0.05) is 0 Å². The van der Waals surface area contributed by atoms with Gasteiger partial charge in [-0.25, -0.2) is 4.98 Å². The van der Waals surface area contributed by atoms with Crippen LogP contribution < -0.4 is 24.0 Å². The third-order valence-corrected chi connectivity index (χ3v) is 2.26. The first-order chi connectivity index (χ1) is 6.27. The number of nitrogens with two attached hydrogens (primary N) is 1. The average Bonchev–Trinajstić information content (AvgIpc) is 2.45. The Morgan fingerprint density at radius 1 is 1.31 bits per heavy atom. The Morgan fingerprint density at radius 3 is 2.54 bits per heavy atom. The van der Waals surface area contributed by atoms with Crippen LogP contribution in [0.25, 0.3) is 10.2 Å². The number of H-pyrrole nitrogens is 1. The molecule has 2 nitrogen and oxygen atoms in total. The standard InChI is InChI=1S/C7H6N2S.I3/c8-7-9-5-3-1-2-4-6(5)10-7;1-3-2/h1-4H,(H2,8,9);/q;-1/p+1. The normalized spacial score (nSPS) is 9.69. The summed E-state index contributed by atoms with van der Waals surface area (Å²) < 4.78 is 1.21. The van der Waals surface area contributed by atoms with Crippen LogP contribution in [0.2, 0.25) is 0 Å². The first-order valence-corrected chi connectivity index (χ1v) is 16.7. The number of hydrogen-bond acceptors (Lipinski definition) is 2. The molecule has 0 atom stereocenters. The number of benzene rings is 1. The summed E-state index contributed by atoms with van der Waals surface area (Å²) in [6, 6.07) is 8.06. The van der Waals surface area contributed by atoms with Crippen LogP contribution in [0.15, 0.2) is 24.3 Å². The average molecular weight is 532 g/mol. The molecule has 0 bridgehead atoms. The van der Waals surface area contributed by atoms with Gasteiger partial charge in [-0.3, -0.25) is 5.73 Å². The van der Waals surface area contributed by atoms with Crippen molar-refractivity contribution in [1.29, 1.82) is 0 Å². The van der Waals surface area contributed by atoms with E-state index in [-0.39, 0.29) is 0 Å². The number of nitrogen functional groups attached to an aromatic ring is 1. The Morgan fingerprint density at radius 2 is 1.92 bits per heavy atom. The number of aromatic nitrogens is 1. The minimum absolute atomic E-state index is 0.530. The maximum Gasteiger partial charge on any atom is 0.330 e. The number of fused-ring (bicyclic) bond motifs is 1. The van der Waals surface area contributed by atoms with E-state index in [2.05, 4.69) is 42.2 Å². The van der Waals surface area contributed by atoms with Gasteiger partial charge in [-0.15, -0.1) is 0 Å². The minimum Gasteiger partial charge on any atom is -0.278 e. The molecule has 6 heteroatoms. The molecule has 13 heavy (non-hydrogen) atoms. The molecule has 0 fully saturated rings. The zero-order valence-electron chi connectivity index (χ0n) is 6.43. The van der Waals surface area contributed by atoms with Gasteiger partial charge in [-0.2, -0.15) is 0 Å². The largest absolute Gasteiger partial charge is 0.330 e. The second-order valence-corrected chi connectivity index (χ2v) is 19.5. The Balaban J connectivity index is 0.000000251. The van der Waals surface area contributed by atoms with Crippen molar-refractivity contribution >= 4 is 63.9 Å². The van der Waals surface area contributed by atoms with Crippen LogP contribution in [-0.4, -0.2) is 0 Å². The maximum absolute atomic E-state index is 5.55. The Labute approximate surface area is 110 Å². The maximum atomic E-state index is 5.55. The predicted molar refractivity (Wildman–Crippen MR) is 70.8 cm³/mol. The third kappa shape index (κ3) is 4.00. The van der Waals surface area contributed by atoms with Crippen LogP contribution in [-0.2, 0) is 0 Å². The predicted octanol–water partition coefficient (Wildman–Crippen LogP) is 0.0730. The van der Waals surface area contributed by atoms with E-state index >= 15 is 0 Å². The number of rotatable bonds is 0. The molecule has 0 spiro atoms. The molecular weight excluding hydrogens is 525 g/mol. The number of hydrogen-bond donors (Lipinski definition) is 1. The molecule has 2 aromatic rings. The van der Waals surface area contributed by atoms with Gasteiger partial charge in [0.15, 0.2) is 0 Å². The van der Waals surface area contributed by atoms with Crippen LogP contribution in [0.1, 0.15) is 0 Å². The monoisotopic (exact) mass is 532 g/mol. The van der Waals surface area contributed by atoms with E-state index in [1.807, 2.05) is 24.3 Å². The number of thiazole rings is 1. The fourth-order valence-electron chi connectivity index (χ4n) is 0.936. The smallest absolute Gasteiger partial charge is 0.278 e. The van der Waals surface area contributed by atoms with E-state index in [0.29, 0.717) is 13.3 Å². The molecule has 1 heterocycles. The molecule has 1 aromatic heterocycles. The zero-order chi connectivity index (χ0) is 9.68. The fraction of sp³-hybridized carbons (Fsp3) is 0. The number of anilines is 1. The van der Waals surface area contributed by atoms with Crippen molar-refractivity contribution in [3.8, 4) is 0 Å². The second-order valence-electron chi connectivity index (χ2n) is 2.14. The molecule has 0 radical (unpaired) electrons. The second kappa shape index (κ2) is 6.56. The molecule has 72 valence electrons. The summed E-state index contributed by atoms with van der Waals surface area (Å²) >= 11 is 6.87. The van der Waals surface area contributed by atoms with Gasteiger partial charge >= 0.3 is 55.6 Å². The first-order valence-electron chi connectivity index (χ1n) is 3.31. The van der Waals surface area contributed by atoms with Gasteiger partial charge in [0.05, 0.1) is 4.70 Å². The molecular formula is C7H7I3N2S. The fourth-order valence-corrected chi connectivity index (χ4v) is 1.71. The van der Waals surface area contributed by atoms with Gasteiger partial charge in [0.25, 0.3) is 0 Å². The van der Waals surface area contributed by atoms with Crippen molar-refractivity contribution in [2.24, 2.45) is 0 Å². The summed E-state index contributed by atoms with van der Waals surface area (Å²) in [5.41, 5.74) is 6.67.